The molecule has 0 spiro atoms. The van der Waals surface area contributed by atoms with Crippen LogP contribution in [0.2, 0.25) is 0 Å². The van der Waals surface area contributed by atoms with Crippen molar-refractivity contribution in [3.8, 4) is 0 Å². The number of sulfonamides is 1. The summed E-state index contributed by atoms with van der Waals surface area (Å²) in [6, 6.07) is 6.12. The third-order valence-corrected chi connectivity index (χ3v) is 4.97. The second kappa shape index (κ2) is 9.41. The van der Waals surface area contributed by atoms with Crippen LogP contribution in [-0.4, -0.2) is 26.0 Å². The standard InChI is InChI=1S/C15H22N2O5S.Na/c1-4-15(3,10-13(18)19)14(20)16-11-6-8-12(9-7-11)17-23(21,22)5-2;/h6-9,17H,4-5,10H2,1-3H3,(H,16,20)(H,18,19);/q;+1/p-1. The summed E-state index contributed by atoms with van der Waals surface area (Å²) in [7, 11) is -3.36. The van der Waals surface area contributed by atoms with Crippen LogP contribution in [0, 0.1) is 5.41 Å². The number of anilines is 2. The van der Waals surface area contributed by atoms with Crippen LogP contribution in [0.15, 0.2) is 24.3 Å². The summed E-state index contributed by atoms with van der Waals surface area (Å²) < 4.78 is 25.3. The number of carboxylic acids is 1. The first-order valence-electron chi connectivity index (χ1n) is 7.23. The van der Waals surface area contributed by atoms with Crippen LogP contribution < -0.4 is 44.7 Å². The molecule has 1 aromatic carbocycles. The minimum absolute atomic E-state index is 0. The molecule has 1 rings (SSSR count). The summed E-state index contributed by atoms with van der Waals surface area (Å²) >= 11 is 0. The van der Waals surface area contributed by atoms with Gasteiger partial charge >= 0.3 is 29.6 Å². The number of hydrogen-bond acceptors (Lipinski definition) is 5. The van der Waals surface area contributed by atoms with Crippen molar-refractivity contribution in [1.82, 2.24) is 0 Å². The first-order valence-corrected chi connectivity index (χ1v) is 8.89. The van der Waals surface area contributed by atoms with Gasteiger partial charge in [-0.25, -0.2) is 8.42 Å². The molecule has 24 heavy (non-hydrogen) atoms. The Morgan fingerprint density at radius 2 is 1.62 bits per heavy atom. The molecule has 7 nitrogen and oxygen atoms in total. The van der Waals surface area contributed by atoms with Crippen LogP contribution in [0.4, 0.5) is 11.4 Å². The molecule has 1 atom stereocenters. The van der Waals surface area contributed by atoms with E-state index >= 15 is 0 Å². The predicted octanol–water partition coefficient (Wildman–Crippen LogP) is -2.05. The predicted molar refractivity (Wildman–Crippen MR) is 86.2 cm³/mol. The number of carboxylic acid groups (broad SMARTS) is 1. The monoisotopic (exact) mass is 364 g/mol. The van der Waals surface area contributed by atoms with Gasteiger partial charge in [-0.05, 0) is 37.6 Å². The Labute approximate surface area is 164 Å². The Bertz CT molecular complexity index is 676. The number of nitrogens with one attached hydrogen (secondary N) is 2. The molecule has 9 heteroatoms. The molecule has 0 radical (unpaired) electrons. The Kier molecular flexibility index (Phi) is 8.98. The van der Waals surface area contributed by atoms with Crippen molar-refractivity contribution in [2.45, 2.75) is 33.6 Å². The number of rotatable bonds is 8. The third-order valence-electron chi connectivity index (χ3n) is 3.66. The zero-order chi connectivity index (χ0) is 17.7. The molecule has 128 valence electrons. The first kappa shape index (κ1) is 22.9. The summed E-state index contributed by atoms with van der Waals surface area (Å²) in [6.45, 7) is 4.81. The van der Waals surface area contributed by atoms with Crippen LogP contribution in [0.5, 0.6) is 0 Å². The normalized spacial score (nSPS) is 13.3. The van der Waals surface area contributed by atoms with Gasteiger partial charge in [-0.15, -0.1) is 0 Å². The molecule has 1 unspecified atom stereocenters. The third kappa shape index (κ3) is 6.80. The molecule has 1 aromatic rings. The fourth-order valence-corrected chi connectivity index (χ4v) is 2.48. The smallest absolute Gasteiger partial charge is 0.550 e. The largest absolute Gasteiger partial charge is 1.00 e. The summed E-state index contributed by atoms with van der Waals surface area (Å²) in [5, 5.41) is 13.4. The fraction of sp³-hybridized carbons (Fsp3) is 0.467. The maximum absolute atomic E-state index is 12.2. The quantitative estimate of drug-likeness (QED) is 0.515. The van der Waals surface area contributed by atoms with Gasteiger partial charge in [-0.2, -0.15) is 0 Å². The molecule has 0 bridgehead atoms. The van der Waals surface area contributed by atoms with Crippen molar-refractivity contribution < 1.29 is 52.7 Å². The molecule has 0 aliphatic carbocycles. The number of carbonyl (C=O) groups is 2. The average Bonchev–Trinajstić information content (AvgIpc) is 2.48. The topological polar surface area (TPSA) is 115 Å². The zero-order valence-electron chi connectivity index (χ0n) is 14.4. The summed E-state index contributed by atoms with van der Waals surface area (Å²) in [5.41, 5.74) is -0.230. The van der Waals surface area contributed by atoms with Crippen molar-refractivity contribution in [3.05, 3.63) is 24.3 Å². The van der Waals surface area contributed by atoms with Gasteiger partial charge in [-0.3, -0.25) is 9.52 Å². The fourth-order valence-electron chi connectivity index (χ4n) is 1.84. The first-order chi connectivity index (χ1) is 10.6. The maximum atomic E-state index is 12.2. The van der Waals surface area contributed by atoms with E-state index in [1.807, 2.05) is 0 Å². The van der Waals surface area contributed by atoms with Crippen LogP contribution in [-0.2, 0) is 19.6 Å². The zero-order valence-corrected chi connectivity index (χ0v) is 17.2. The molecule has 0 aliphatic heterocycles. The second-order valence-electron chi connectivity index (χ2n) is 5.50. The minimum atomic E-state index is -3.36. The summed E-state index contributed by atoms with van der Waals surface area (Å²) in [5.74, 6) is -1.75. The van der Waals surface area contributed by atoms with E-state index in [0.717, 1.165) is 0 Å². The molecule has 0 aliphatic rings. The second-order valence-corrected chi connectivity index (χ2v) is 7.51. The summed E-state index contributed by atoms with van der Waals surface area (Å²) in [6.07, 6.45) is -0.0229. The van der Waals surface area contributed by atoms with Crippen LogP contribution in [0.3, 0.4) is 0 Å². The Hall–Kier alpha value is -1.09. The van der Waals surface area contributed by atoms with E-state index in [0.29, 0.717) is 17.8 Å². The molecule has 0 aromatic heterocycles. The van der Waals surface area contributed by atoms with E-state index in [1.165, 1.54) is 19.1 Å². The van der Waals surface area contributed by atoms with Gasteiger partial charge in [0, 0.05) is 23.8 Å². The van der Waals surface area contributed by atoms with Gasteiger partial charge in [0.15, 0.2) is 0 Å². The van der Waals surface area contributed by atoms with Gasteiger partial charge in [0.25, 0.3) is 0 Å². The Morgan fingerprint density at radius 1 is 1.12 bits per heavy atom. The number of carbonyl (C=O) groups excluding carboxylic acids is 2. The van der Waals surface area contributed by atoms with Crippen molar-refractivity contribution in [3.63, 3.8) is 0 Å². The van der Waals surface area contributed by atoms with E-state index < -0.39 is 27.3 Å². The minimum Gasteiger partial charge on any atom is -0.550 e. The molecular formula is C15H21N2NaO5S. The number of hydrogen-bond donors (Lipinski definition) is 2. The van der Waals surface area contributed by atoms with Gasteiger partial charge in [0.05, 0.1) is 11.2 Å². The van der Waals surface area contributed by atoms with Gasteiger partial charge < -0.3 is 15.2 Å². The van der Waals surface area contributed by atoms with E-state index in [4.69, 9.17) is 0 Å². The van der Waals surface area contributed by atoms with Crippen molar-refractivity contribution in [2.24, 2.45) is 5.41 Å². The van der Waals surface area contributed by atoms with E-state index in [9.17, 15) is 23.1 Å². The van der Waals surface area contributed by atoms with Crippen LogP contribution in [0.1, 0.15) is 33.6 Å². The number of amides is 1. The SMILES string of the molecule is CCC(C)(CC(=O)[O-])C(=O)Nc1ccc(NS(=O)(=O)CC)cc1.[Na+]. The average molecular weight is 364 g/mol. The van der Waals surface area contributed by atoms with E-state index in [1.54, 1.807) is 26.0 Å². The van der Waals surface area contributed by atoms with Crippen LogP contribution >= 0.6 is 0 Å². The summed E-state index contributed by atoms with van der Waals surface area (Å²) in [4.78, 5) is 23.0. The Balaban J connectivity index is 0.00000529. The van der Waals surface area contributed by atoms with Gasteiger partial charge in [-0.1, -0.05) is 13.8 Å². The van der Waals surface area contributed by atoms with Gasteiger partial charge in [0.1, 0.15) is 0 Å². The molecule has 0 heterocycles. The van der Waals surface area contributed by atoms with Gasteiger partial charge in [0.2, 0.25) is 15.9 Å². The van der Waals surface area contributed by atoms with Crippen molar-refractivity contribution >= 4 is 33.3 Å². The Morgan fingerprint density at radius 3 is 2.04 bits per heavy atom. The van der Waals surface area contributed by atoms with E-state index in [-0.39, 0.29) is 41.7 Å². The van der Waals surface area contributed by atoms with Crippen LogP contribution in [0.25, 0.3) is 0 Å². The molecule has 0 saturated heterocycles. The molecule has 0 saturated carbocycles. The molecular weight excluding hydrogens is 343 g/mol. The number of aliphatic carboxylic acids is 1. The maximum Gasteiger partial charge on any atom is 1.00 e. The number of benzene rings is 1. The molecule has 0 fully saturated rings. The molecule has 1 amide bonds. The van der Waals surface area contributed by atoms with Crippen molar-refractivity contribution in [2.75, 3.05) is 15.8 Å². The molecule has 2 N–H and O–H groups in total. The van der Waals surface area contributed by atoms with Crippen molar-refractivity contribution in [1.29, 1.82) is 0 Å². The van der Waals surface area contributed by atoms with E-state index in [2.05, 4.69) is 10.0 Å².